The Bertz CT molecular complexity index is 783. The lowest BCUT2D eigenvalue weighted by molar-refractivity contribution is 0.122. The van der Waals surface area contributed by atoms with Crippen LogP contribution in [0.25, 0.3) is 0 Å². The minimum Gasteiger partial charge on any atom is -0.378 e. The molecule has 0 spiro atoms. The molecule has 2 atom stereocenters. The molecule has 26 heavy (non-hydrogen) atoms. The van der Waals surface area contributed by atoms with Crippen molar-refractivity contribution in [3.05, 3.63) is 58.4 Å². The minimum absolute atomic E-state index is 0.0259. The molecule has 2 fully saturated rings. The van der Waals surface area contributed by atoms with Gasteiger partial charge in [0.25, 0.3) is 5.56 Å². The maximum atomic E-state index is 12.3. The fourth-order valence-corrected chi connectivity index (χ4v) is 4.20. The summed E-state index contributed by atoms with van der Waals surface area (Å²) in [5.41, 5.74) is 2.33. The van der Waals surface area contributed by atoms with Gasteiger partial charge in [0.05, 0.1) is 13.2 Å². The number of H-pyrrole nitrogens is 1. The van der Waals surface area contributed by atoms with Crippen LogP contribution in [0.15, 0.2) is 47.3 Å². The number of hydrogen-bond donors (Lipinski definition) is 1. The van der Waals surface area contributed by atoms with E-state index in [0.29, 0.717) is 12.0 Å². The third-order valence-electron chi connectivity index (χ3n) is 5.44. The van der Waals surface area contributed by atoms with Crippen LogP contribution in [-0.2, 0) is 11.2 Å². The van der Waals surface area contributed by atoms with Gasteiger partial charge in [0.15, 0.2) is 0 Å². The number of aromatic amines is 1. The summed E-state index contributed by atoms with van der Waals surface area (Å²) < 4.78 is 5.44. The SMILES string of the molecule is CC1CC(Cc2ccccc2)N(c2cc(N3CCOCC3)cc(=O)[nH]2)C1. The normalized spacial score (nSPS) is 23.4. The summed E-state index contributed by atoms with van der Waals surface area (Å²) in [5.74, 6) is 1.57. The van der Waals surface area contributed by atoms with Crippen LogP contribution in [0.4, 0.5) is 11.5 Å². The zero-order valence-electron chi connectivity index (χ0n) is 15.4. The lowest BCUT2D eigenvalue weighted by Gasteiger charge is -2.31. The highest BCUT2D eigenvalue weighted by Gasteiger charge is 2.30. The molecule has 5 nitrogen and oxygen atoms in total. The predicted octanol–water partition coefficient (Wildman–Crippen LogP) is 2.67. The van der Waals surface area contributed by atoms with E-state index in [9.17, 15) is 4.79 Å². The Labute approximate surface area is 154 Å². The quantitative estimate of drug-likeness (QED) is 0.918. The molecule has 0 saturated carbocycles. The molecule has 1 N–H and O–H groups in total. The molecule has 0 bridgehead atoms. The fourth-order valence-electron chi connectivity index (χ4n) is 4.20. The molecular formula is C21H27N3O2. The van der Waals surface area contributed by atoms with E-state index in [1.807, 2.05) is 0 Å². The van der Waals surface area contributed by atoms with E-state index in [4.69, 9.17) is 4.74 Å². The Morgan fingerprint density at radius 2 is 1.92 bits per heavy atom. The average molecular weight is 353 g/mol. The largest absolute Gasteiger partial charge is 0.378 e. The molecule has 1 aromatic heterocycles. The number of aromatic nitrogens is 1. The van der Waals surface area contributed by atoms with Crippen molar-refractivity contribution in [2.75, 3.05) is 42.6 Å². The molecule has 3 heterocycles. The molecule has 4 rings (SSSR count). The maximum absolute atomic E-state index is 12.3. The molecule has 2 aliphatic rings. The number of morpholine rings is 1. The van der Waals surface area contributed by atoms with Gasteiger partial charge in [0.2, 0.25) is 0 Å². The predicted molar refractivity (Wildman–Crippen MR) is 105 cm³/mol. The van der Waals surface area contributed by atoms with Crippen molar-refractivity contribution in [3.8, 4) is 0 Å². The van der Waals surface area contributed by atoms with Crippen molar-refractivity contribution in [1.82, 2.24) is 4.98 Å². The lowest BCUT2D eigenvalue weighted by Crippen LogP contribution is -2.38. The van der Waals surface area contributed by atoms with E-state index in [2.05, 4.69) is 58.1 Å². The highest BCUT2D eigenvalue weighted by atomic mass is 16.5. The van der Waals surface area contributed by atoms with Gasteiger partial charge in [0, 0.05) is 43.5 Å². The number of hydrogen-bond acceptors (Lipinski definition) is 4. The number of ether oxygens (including phenoxy) is 1. The van der Waals surface area contributed by atoms with E-state index >= 15 is 0 Å². The second kappa shape index (κ2) is 7.54. The van der Waals surface area contributed by atoms with Crippen LogP contribution in [0.2, 0.25) is 0 Å². The fraction of sp³-hybridized carbons (Fsp3) is 0.476. The lowest BCUT2D eigenvalue weighted by atomic mass is 10.0. The molecule has 2 aliphatic heterocycles. The Kier molecular flexibility index (Phi) is 4.98. The molecule has 2 aromatic rings. The van der Waals surface area contributed by atoms with Crippen molar-refractivity contribution in [2.24, 2.45) is 5.92 Å². The monoisotopic (exact) mass is 353 g/mol. The van der Waals surface area contributed by atoms with E-state index in [-0.39, 0.29) is 5.56 Å². The van der Waals surface area contributed by atoms with Crippen LogP contribution in [0.1, 0.15) is 18.9 Å². The van der Waals surface area contributed by atoms with Gasteiger partial charge < -0.3 is 19.5 Å². The van der Waals surface area contributed by atoms with E-state index < -0.39 is 0 Å². The summed E-state index contributed by atoms with van der Waals surface area (Å²) in [4.78, 5) is 20.0. The van der Waals surface area contributed by atoms with E-state index in [1.165, 1.54) is 5.56 Å². The third kappa shape index (κ3) is 3.78. The number of benzene rings is 1. The molecule has 2 unspecified atom stereocenters. The number of pyridine rings is 1. The molecule has 0 aliphatic carbocycles. The van der Waals surface area contributed by atoms with Crippen LogP contribution >= 0.6 is 0 Å². The van der Waals surface area contributed by atoms with Crippen molar-refractivity contribution in [3.63, 3.8) is 0 Å². The van der Waals surface area contributed by atoms with Crippen molar-refractivity contribution >= 4 is 11.5 Å². The van der Waals surface area contributed by atoms with Crippen molar-refractivity contribution in [1.29, 1.82) is 0 Å². The van der Waals surface area contributed by atoms with Gasteiger partial charge >= 0.3 is 0 Å². The molecule has 0 amide bonds. The Balaban J connectivity index is 1.60. The summed E-state index contributed by atoms with van der Waals surface area (Å²) in [6.45, 7) is 6.40. The van der Waals surface area contributed by atoms with E-state index in [0.717, 1.165) is 57.2 Å². The summed E-state index contributed by atoms with van der Waals surface area (Å²) in [7, 11) is 0. The van der Waals surface area contributed by atoms with Gasteiger partial charge in [-0.25, -0.2) is 0 Å². The first-order chi connectivity index (χ1) is 12.7. The Morgan fingerprint density at radius 3 is 2.69 bits per heavy atom. The first-order valence-corrected chi connectivity index (χ1v) is 9.56. The van der Waals surface area contributed by atoms with Crippen LogP contribution in [0.3, 0.4) is 0 Å². The third-order valence-corrected chi connectivity index (χ3v) is 5.44. The standard InChI is InChI=1S/C21H27N3O2/c1-16-11-19(12-17-5-3-2-4-6-17)24(15-16)20-13-18(14-21(25)22-20)23-7-9-26-10-8-23/h2-6,13-14,16,19H,7-12,15H2,1H3,(H,22,25). The van der Waals surface area contributed by atoms with Crippen LogP contribution < -0.4 is 15.4 Å². The number of anilines is 2. The Morgan fingerprint density at radius 1 is 1.15 bits per heavy atom. The summed E-state index contributed by atoms with van der Waals surface area (Å²) in [6.07, 6.45) is 2.16. The van der Waals surface area contributed by atoms with Crippen LogP contribution in [0.5, 0.6) is 0 Å². The van der Waals surface area contributed by atoms with Crippen LogP contribution in [0, 0.1) is 5.92 Å². The Hall–Kier alpha value is -2.27. The first kappa shape index (κ1) is 17.2. The van der Waals surface area contributed by atoms with Gasteiger partial charge in [-0.05, 0) is 24.3 Å². The molecular weight excluding hydrogens is 326 g/mol. The van der Waals surface area contributed by atoms with E-state index in [1.54, 1.807) is 6.07 Å². The zero-order valence-corrected chi connectivity index (χ0v) is 15.4. The molecule has 0 radical (unpaired) electrons. The topological polar surface area (TPSA) is 48.6 Å². The first-order valence-electron chi connectivity index (χ1n) is 9.56. The van der Waals surface area contributed by atoms with Gasteiger partial charge in [-0.1, -0.05) is 37.3 Å². The van der Waals surface area contributed by atoms with Gasteiger partial charge in [-0.15, -0.1) is 0 Å². The second-order valence-electron chi connectivity index (χ2n) is 7.52. The molecule has 1 aromatic carbocycles. The second-order valence-corrected chi connectivity index (χ2v) is 7.52. The molecule has 5 heteroatoms. The number of nitrogens with one attached hydrogen (secondary N) is 1. The summed E-state index contributed by atoms with van der Waals surface area (Å²) in [5, 5.41) is 0. The number of rotatable bonds is 4. The highest BCUT2D eigenvalue weighted by Crippen LogP contribution is 2.31. The summed E-state index contributed by atoms with van der Waals surface area (Å²) >= 11 is 0. The number of nitrogens with zero attached hydrogens (tertiary/aromatic N) is 2. The minimum atomic E-state index is -0.0259. The van der Waals surface area contributed by atoms with Gasteiger partial charge in [-0.2, -0.15) is 0 Å². The summed E-state index contributed by atoms with van der Waals surface area (Å²) in [6, 6.07) is 14.9. The highest BCUT2D eigenvalue weighted by molar-refractivity contribution is 5.56. The molecule has 2 saturated heterocycles. The van der Waals surface area contributed by atoms with Gasteiger partial charge in [-0.3, -0.25) is 4.79 Å². The van der Waals surface area contributed by atoms with Crippen molar-refractivity contribution in [2.45, 2.75) is 25.8 Å². The zero-order chi connectivity index (χ0) is 17.9. The average Bonchev–Trinajstić information content (AvgIpc) is 3.03. The maximum Gasteiger partial charge on any atom is 0.251 e. The molecule has 138 valence electrons. The van der Waals surface area contributed by atoms with Crippen LogP contribution in [-0.4, -0.2) is 43.9 Å². The smallest absolute Gasteiger partial charge is 0.251 e. The van der Waals surface area contributed by atoms with Crippen molar-refractivity contribution < 1.29 is 4.74 Å². The van der Waals surface area contributed by atoms with Gasteiger partial charge in [0.1, 0.15) is 5.82 Å².